The van der Waals surface area contributed by atoms with Crippen LogP contribution in [0.5, 0.6) is 0 Å². The summed E-state index contributed by atoms with van der Waals surface area (Å²) in [6.45, 7) is 5.72. The number of ether oxygens (including phenoxy) is 1. The standard InChI is InChI=1S/C14H23N3O/c1-3-15-13-7-9-18-11-14(13)17(2)10-12-6-4-5-8-16-12/h4-6,8,13-15H,3,7,9-11H2,1-2H3. The first-order valence-electron chi connectivity index (χ1n) is 6.72. The molecule has 0 amide bonds. The van der Waals surface area contributed by atoms with Crippen molar-refractivity contribution in [3.63, 3.8) is 0 Å². The van der Waals surface area contributed by atoms with Crippen molar-refractivity contribution in [2.24, 2.45) is 0 Å². The molecule has 2 rings (SSSR count). The number of rotatable bonds is 5. The molecule has 0 saturated carbocycles. The quantitative estimate of drug-likeness (QED) is 0.853. The highest BCUT2D eigenvalue weighted by molar-refractivity contribution is 5.03. The fourth-order valence-electron chi connectivity index (χ4n) is 2.52. The zero-order valence-corrected chi connectivity index (χ0v) is 11.3. The summed E-state index contributed by atoms with van der Waals surface area (Å²) in [6.07, 6.45) is 2.94. The number of hydrogen-bond donors (Lipinski definition) is 1. The highest BCUT2D eigenvalue weighted by Gasteiger charge is 2.28. The van der Waals surface area contributed by atoms with E-state index in [-0.39, 0.29) is 0 Å². The van der Waals surface area contributed by atoms with E-state index < -0.39 is 0 Å². The minimum atomic E-state index is 0.431. The van der Waals surface area contributed by atoms with Crippen LogP contribution in [0.2, 0.25) is 0 Å². The molecule has 1 aliphatic rings. The number of hydrogen-bond acceptors (Lipinski definition) is 4. The highest BCUT2D eigenvalue weighted by Crippen LogP contribution is 2.15. The topological polar surface area (TPSA) is 37.4 Å². The monoisotopic (exact) mass is 249 g/mol. The van der Waals surface area contributed by atoms with Crippen LogP contribution >= 0.6 is 0 Å². The summed E-state index contributed by atoms with van der Waals surface area (Å²) in [7, 11) is 2.15. The van der Waals surface area contributed by atoms with E-state index in [4.69, 9.17) is 4.74 Å². The van der Waals surface area contributed by atoms with Gasteiger partial charge in [-0.2, -0.15) is 0 Å². The zero-order chi connectivity index (χ0) is 12.8. The largest absolute Gasteiger partial charge is 0.380 e. The minimum Gasteiger partial charge on any atom is -0.380 e. The van der Waals surface area contributed by atoms with Crippen LogP contribution in [0.15, 0.2) is 24.4 Å². The Balaban J connectivity index is 1.95. The van der Waals surface area contributed by atoms with E-state index in [0.717, 1.165) is 38.4 Å². The van der Waals surface area contributed by atoms with Gasteiger partial charge in [-0.3, -0.25) is 9.88 Å². The normalized spacial score (nSPS) is 24.4. The maximum Gasteiger partial charge on any atom is 0.0637 e. The van der Waals surface area contributed by atoms with Crippen LogP contribution in [0.3, 0.4) is 0 Å². The SMILES string of the molecule is CCNC1CCOCC1N(C)Cc1ccccn1. The maximum atomic E-state index is 5.62. The summed E-state index contributed by atoms with van der Waals surface area (Å²) in [5, 5.41) is 3.56. The Hall–Kier alpha value is -0.970. The van der Waals surface area contributed by atoms with Crippen LogP contribution in [0.1, 0.15) is 19.0 Å². The van der Waals surface area contributed by atoms with Crippen molar-refractivity contribution >= 4 is 0 Å². The van der Waals surface area contributed by atoms with Crippen molar-refractivity contribution in [2.75, 3.05) is 26.8 Å². The molecule has 4 heteroatoms. The Morgan fingerprint density at radius 1 is 1.50 bits per heavy atom. The van der Waals surface area contributed by atoms with Gasteiger partial charge in [0.05, 0.1) is 12.3 Å². The Bertz CT molecular complexity index is 342. The van der Waals surface area contributed by atoms with Crippen molar-refractivity contribution in [1.29, 1.82) is 0 Å². The van der Waals surface area contributed by atoms with Gasteiger partial charge in [-0.15, -0.1) is 0 Å². The molecule has 1 aliphatic heterocycles. The summed E-state index contributed by atoms with van der Waals surface area (Å²) < 4.78 is 5.62. The second kappa shape index (κ2) is 6.83. The van der Waals surface area contributed by atoms with E-state index in [1.165, 1.54) is 0 Å². The predicted octanol–water partition coefficient (Wildman–Crippen LogP) is 1.28. The number of nitrogens with one attached hydrogen (secondary N) is 1. The van der Waals surface area contributed by atoms with Crippen LogP contribution in [0.25, 0.3) is 0 Å². The molecule has 18 heavy (non-hydrogen) atoms. The van der Waals surface area contributed by atoms with Gasteiger partial charge in [-0.25, -0.2) is 0 Å². The molecule has 2 unspecified atom stereocenters. The van der Waals surface area contributed by atoms with Crippen molar-refractivity contribution in [3.05, 3.63) is 30.1 Å². The maximum absolute atomic E-state index is 5.62. The molecule has 0 aromatic carbocycles. The lowest BCUT2D eigenvalue weighted by atomic mass is 10.0. The fraction of sp³-hybridized carbons (Fsp3) is 0.643. The Morgan fingerprint density at radius 3 is 3.11 bits per heavy atom. The third kappa shape index (κ3) is 3.51. The molecule has 1 aromatic rings. The molecule has 100 valence electrons. The summed E-state index contributed by atoms with van der Waals surface area (Å²) >= 11 is 0. The molecule has 0 aliphatic carbocycles. The number of aromatic nitrogens is 1. The smallest absolute Gasteiger partial charge is 0.0637 e. The van der Waals surface area contributed by atoms with E-state index in [2.05, 4.69) is 35.2 Å². The van der Waals surface area contributed by atoms with Crippen molar-refractivity contribution < 1.29 is 4.74 Å². The lowest BCUT2D eigenvalue weighted by molar-refractivity contribution is 0.00349. The van der Waals surface area contributed by atoms with E-state index >= 15 is 0 Å². The Morgan fingerprint density at radius 2 is 2.39 bits per heavy atom. The van der Waals surface area contributed by atoms with E-state index in [1.54, 1.807) is 0 Å². The van der Waals surface area contributed by atoms with Crippen LogP contribution in [-0.2, 0) is 11.3 Å². The van der Waals surface area contributed by atoms with E-state index in [1.807, 2.05) is 18.3 Å². The molecular formula is C14H23N3O. The average Bonchev–Trinajstić information content (AvgIpc) is 2.41. The molecule has 1 fully saturated rings. The molecule has 4 nitrogen and oxygen atoms in total. The molecular weight excluding hydrogens is 226 g/mol. The number of likely N-dealkylation sites (N-methyl/N-ethyl adjacent to an activating group) is 2. The van der Waals surface area contributed by atoms with Crippen molar-refractivity contribution in [1.82, 2.24) is 15.2 Å². The van der Waals surface area contributed by atoms with Gasteiger partial charge in [-0.1, -0.05) is 13.0 Å². The van der Waals surface area contributed by atoms with Crippen molar-refractivity contribution in [3.8, 4) is 0 Å². The average molecular weight is 249 g/mol. The van der Waals surface area contributed by atoms with Gasteiger partial charge in [-0.05, 0) is 32.1 Å². The summed E-state index contributed by atoms with van der Waals surface area (Å²) in [5.74, 6) is 0. The van der Waals surface area contributed by atoms with Crippen LogP contribution in [0, 0.1) is 0 Å². The first-order chi connectivity index (χ1) is 8.81. The van der Waals surface area contributed by atoms with Crippen LogP contribution in [-0.4, -0.2) is 48.8 Å². The first kappa shape index (κ1) is 13.5. The lowest BCUT2D eigenvalue weighted by Gasteiger charge is -2.38. The number of pyridine rings is 1. The number of nitrogens with zero attached hydrogens (tertiary/aromatic N) is 2. The summed E-state index contributed by atoms with van der Waals surface area (Å²) in [5.41, 5.74) is 1.11. The molecule has 0 spiro atoms. The molecule has 2 atom stereocenters. The van der Waals surface area contributed by atoms with Gasteiger partial charge in [0.2, 0.25) is 0 Å². The minimum absolute atomic E-state index is 0.431. The molecule has 0 bridgehead atoms. The predicted molar refractivity (Wildman–Crippen MR) is 72.4 cm³/mol. The summed E-state index contributed by atoms with van der Waals surface area (Å²) in [6, 6.07) is 7.02. The Labute approximate surface area is 109 Å². The molecule has 1 aromatic heterocycles. The molecule has 1 saturated heterocycles. The molecule has 2 heterocycles. The van der Waals surface area contributed by atoms with Crippen LogP contribution in [0.4, 0.5) is 0 Å². The first-order valence-corrected chi connectivity index (χ1v) is 6.72. The molecule has 1 N–H and O–H groups in total. The van der Waals surface area contributed by atoms with Gasteiger partial charge in [0.15, 0.2) is 0 Å². The van der Waals surface area contributed by atoms with Gasteiger partial charge in [0, 0.05) is 31.4 Å². The third-order valence-corrected chi connectivity index (χ3v) is 3.50. The van der Waals surface area contributed by atoms with Gasteiger partial charge < -0.3 is 10.1 Å². The lowest BCUT2D eigenvalue weighted by Crippen LogP contribution is -2.53. The fourth-order valence-corrected chi connectivity index (χ4v) is 2.52. The van der Waals surface area contributed by atoms with Gasteiger partial charge >= 0.3 is 0 Å². The van der Waals surface area contributed by atoms with Gasteiger partial charge in [0.25, 0.3) is 0 Å². The van der Waals surface area contributed by atoms with Crippen LogP contribution < -0.4 is 5.32 Å². The van der Waals surface area contributed by atoms with Crippen molar-refractivity contribution in [2.45, 2.75) is 32.0 Å². The summed E-state index contributed by atoms with van der Waals surface area (Å²) in [4.78, 5) is 6.72. The van der Waals surface area contributed by atoms with E-state index in [9.17, 15) is 0 Å². The second-order valence-electron chi connectivity index (χ2n) is 4.83. The molecule has 0 radical (unpaired) electrons. The second-order valence-corrected chi connectivity index (χ2v) is 4.83. The Kier molecular flexibility index (Phi) is 5.11. The van der Waals surface area contributed by atoms with Gasteiger partial charge in [0.1, 0.15) is 0 Å². The van der Waals surface area contributed by atoms with E-state index in [0.29, 0.717) is 12.1 Å². The highest BCUT2D eigenvalue weighted by atomic mass is 16.5. The zero-order valence-electron chi connectivity index (χ0n) is 11.3. The third-order valence-electron chi connectivity index (χ3n) is 3.50.